The molecule has 1 aromatic carbocycles. The molecule has 0 bridgehead atoms. The summed E-state index contributed by atoms with van der Waals surface area (Å²) in [7, 11) is 0. The van der Waals surface area contributed by atoms with Gasteiger partial charge in [-0.05, 0) is 19.0 Å². The molecule has 1 aromatic heterocycles. The fourth-order valence-corrected chi connectivity index (χ4v) is 4.39. The van der Waals surface area contributed by atoms with Gasteiger partial charge in [-0.3, -0.25) is 0 Å². The van der Waals surface area contributed by atoms with E-state index in [1.54, 1.807) is 11.3 Å². The van der Waals surface area contributed by atoms with Crippen molar-refractivity contribution in [1.82, 2.24) is 10.3 Å². The Balaban J connectivity index is 1.82. The molecule has 0 spiro atoms. The van der Waals surface area contributed by atoms with Crippen LogP contribution in [0.25, 0.3) is 0 Å². The van der Waals surface area contributed by atoms with Gasteiger partial charge in [0.2, 0.25) is 0 Å². The number of fused-ring (bicyclic) bond motifs is 1. The number of hydrogen-bond acceptors (Lipinski definition) is 5. The molecular formula is C15H18N2OS2. The summed E-state index contributed by atoms with van der Waals surface area (Å²) >= 11 is 3.51. The lowest BCUT2D eigenvalue weighted by atomic mass is 10.00. The number of aromatic nitrogens is 1. The lowest BCUT2D eigenvalue weighted by molar-refractivity contribution is 0.260. The third-order valence-corrected chi connectivity index (χ3v) is 5.47. The molecule has 3 rings (SSSR count). The van der Waals surface area contributed by atoms with Gasteiger partial charge >= 0.3 is 0 Å². The number of thioether (sulfide) groups is 1. The van der Waals surface area contributed by atoms with E-state index in [1.807, 2.05) is 29.4 Å². The Kier molecular flexibility index (Phi) is 4.60. The molecule has 3 nitrogen and oxygen atoms in total. The van der Waals surface area contributed by atoms with Gasteiger partial charge in [-0.25, -0.2) is 4.98 Å². The molecule has 2 aromatic rings. The van der Waals surface area contributed by atoms with Gasteiger partial charge in [0.25, 0.3) is 0 Å². The van der Waals surface area contributed by atoms with Gasteiger partial charge in [-0.15, -0.1) is 11.3 Å². The maximum absolute atomic E-state index is 5.91. The van der Waals surface area contributed by atoms with Gasteiger partial charge in [0.05, 0.1) is 11.3 Å². The van der Waals surface area contributed by atoms with Crippen LogP contribution < -0.4 is 10.1 Å². The SMILES string of the molecule is CCCNC1c2ccccc2OCC1Sc1nccs1. The number of nitrogens with zero attached hydrogens (tertiary/aromatic N) is 1. The van der Waals surface area contributed by atoms with Crippen molar-refractivity contribution in [2.75, 3.05) is 13.2 Å². The van der Waals surface area contributed by atoms with E-state index in [2.05, 4.69) is 35.4 Å². The average Bonchev–Trinajstić information content (AvgIpc) is 2.99. The number of para-hydroxylation sites is 1. The molecule has 0 radical (unpaired) electrons. The lowest BCUT2D eigenvalue weighted by Gasteiger charge is -2.33. The molecule has 0 fully saturated rings. The van der Waals surface area contributed by atoms with Crippen molar-refractivity contribution >= 4 is 23.1 Å². The molecule has 106 valence electrons. The van der Waals surface area contributed by atoms with Crippen LogP contribution in [0.5, 0.6) is 5.75 Å². The lowest BCUT2D eigenvalue weighted by Crippen LogP contribution is -2.37. The summed E-state index contributed by atoms with van der Waals surface area (Å²) in [6.45, 7) is 3.94. The van der Waals surface area contributed by atoms with Crippen molar-refractivity contribution < 1.29 is 4.74 Å². The van der Waals surface area contributed by atoms with E-state index in [1.165, 1.54) is 5.56 Å². The standard InChI is InChI=1S/C15H18N2OS2/c1-2-7-16-14-11-5-3-4-6-12(11)18-10-13(14)20-15-17-8-9-19-15/h3-6,8-9,13-14,16H,2,7,10H2,1H3. The molecule has 0 saturated carbocycles. The predicted octanol–water partition coefficient (Wildman–Crippen LogP) is 3.74. The van der Waals surface area contributed by atoms with E-state index < -0.39 is 0 Å². The molecule has 2 atom stereocenters. The highest BCUT2D eigenvalue weighted by molar-refractivity contribution is 8.01. The maximum atomic E-state index is 5.91. The molecule has 5 heteroatoms. The fourth-order valence-electron chi connectivity index (χ4n) is 2.38. The number of hydrogen-bond donors (Lipinski definition) is 1. The Labute approximate surface area is 127 Å². The van der Waals surface area contributed by atoms with Gasteiger partial charge in [0.1, 0.15) is 16.7 Å². The Morgan fingerprint density at radius 2 is 2.35 bits per heavy atom. The number of ether oxygens (including phenoxy) is 1. The van der Waals surface area contributed by atoms with Crippen LogP contribution in [0.2, 0.25) is 0 Å². The molecular weight excluding hydrogens is 288 g/mol. The monoisotopic (exact) mass is 306 g/mol. The van der Waals surface area contributed by atoms with Gasteiger partial charge in [0.15, 0.2) is 0 Å². The second-order valence-corrected chi connectivity index (χ2v) is 7.12. The summed E-state index contributed by atoms with van der Waals surface area (Å²) in [6.07, 6.45) is 2.99. The summed E-state index contributed by atoms with van der Waals surface area (Å²) in [6, 6.07) is 8.66. The van der Waals surface area contributed by atoms with Gasteiger partial charge in [-0.2, -0.15) is 0 Å². The first-order valence-corrected chi connectivity index (χ1v) is 8.65. The van der Waals surface area contributed by atoms with E-state index in [4.69, 9.17) is 4.74 Å². The predicted molar refractivity (Wildman–Crippen MR) is 84.7 cm³/mol. The first-order valence-electron chi connectivity index (χ1n) is 6.89. The zero-order chi connectivity index (χ0) is 13.8. The molecule has 0 amide bonds. The van der Waals surface area contributed by atoms with Crippen molar-refractivity contribution in [2.24, 2.45) is 0 Å². The molecule has 20 heavy (non-hydrogen) atoms. The summed E-state index contributed by atoms with van der Waals surface area (Å²) in [5.74, 6) is 1.01. The van der Waals surface area contributed by atoms with Gasteiger partial charge in [-0.1, -0.05) is 36.9 Å². The highest BCUT2D eigenvalue weighted by atomic mass is 32.2. The van der Waals surface area contributed by atoms with Crippen molar-refractivity contribution in [3.8, 4) is 5.75 Å². The van der Waals surface area contributed by atoms with Crippen LogP contribution in [-0.4, -0.2) is 23.4 Å². The summed E-state index contributed by atoms with van der Waals surface area (Å²) in [4.78, 5) is 4.38. The molecule has 0 saturated heterocycles. The zero-order valence-electron chi connectivity index (χ0n) is 11.4. The van der Waals surface area contributed by atoms with Gasteiger partial charge in [0, 0.05) is 17.1 Å². The van der Waals surface area contributed by atoms with Crippen molar-refractivity contribution in [3.63, 3.8) is 0 Å². The third-order valence-electron chi connectivity index (χ3n) is 3.31. The topological polar surface area (TPSA) is 34.1 Å². The third kappa shape index (κ3) is 3.00. The number of rotatable bonds is 5. The zero-order valence-corrected chi connectivity index (χ0v) is 13.0. The summed E-state index contributed by atoms with van der Waals surface area (Å²) in [5, 5.41) is 6.05. The molecule has 1 aliphatic heterocycles. The van der Waals surface area contributed by atoms with Crippen LogP contribution in [-0.2, 0) is 0 Å². The maximum Gasteiger partial charge on any atom is 0.150 e. The quantitative estimate of drug-likeness (QED) is 0.912. The Hall–Kier alpha value is -1.04. The van der Waals surface area contributed by atoms with Crippen molar-refractivity contribution in [1.29, 1.82) is 0 Å². The Morgan fingerprint density at radius 3 is 3.15 bits per heavy atom. The fraction of sp³-hybridized carbons (Fsp3) is 0.400. The Morgan fingerprint density at radius 1 is 1.45 bits per heavy atom. The van der Waals surface area contributed by atoms with Crippen molar-refractivity contribution in [3.05, 3.63) is 41.4 Å². The van der Waals surface area contributed by atoms with Crippen LogP contribution in [0.15, 0.2) is 40.2 Å². The van der Waals surface area contributed by atoms with Crippen LogP contribution in [0, 0.1) is 0 Å². The normalized spacial score (nSPS) is 21.2. The molecule has 0 aliphatic carbocycles. The minimum atomic E-state index is 0.328. The highest BCUT2D eigenvalue weighted by Gasteiger charge is 2.31. The largest absolute Gasteiger partial charge is 0.492 e. The number of benzene rings is 1. The van der Waals surface area contributed by atoms with Crippen LogP contribution in [0.3, 0.4) is 0 Å². The molecule has 2 heterocycles. The van der Waals surface area contributed by atoms with Crippen LogP contribution >= 0.6 is 23.1 Å². The number of nitrogens with one attached hydrogen (secondary N) is 1. The minimum Gasteiger partial charge on any atom is -0.492 e. The Bertz CT molecular complexity index is 545. The van der Waals surface area contributed by atoms with Crippen molar-refractivity contribution in [2.45, 2.75) is 29.0 Å². The average molecular weight is 306 g/mol. The number of thiazole rings is 1. The highest BCUT2D eigenvalue weighted by Crippen LogP contribution is 2.40. The first kappa shape index (κ1) is 13.9. The second-order valence-electron chi connectivity index (χ2n) is 4.73. The molecule has 2 unspecified atom stereocenters. The molecule has 1 aliphatic rings. The minimum absolute atomic E-state index is 0.328. The van der Waals surface area contributed by atoms with E-state index in [0.29, 0.717) is 11.3 Å². The van der Waals surface area contributed by atoms with E-state index in [-0.39, 0.29) is 0 Å². The second kappa shape index (κ2) is 6.61. The van der Waals surface area contributed by atoms with E-state index >= 15 is 0 Å². The summed E-state index contributed by atoms with van der Waals surface area (Å²) in [5.41, 5.74) is 1.27. The molecule has 1 N–H and O–H groups in total. The summed E-state index contributed by atoms with van der Waals surface area (Å²) < 4.78 is 7.02. The van der Waals surface area contributed by atoms with E-state index in [9.17, 15) is 0 Å². The first-order chi connectivity index (χ1) is 9.88. The smallest absolute Gasteiger partial charge is 0.150 e. The van der Waals surface area contributed by atoms with E-state index in [0.717, 1.165) is 29.7 Å². The van der Waals surface area contributed by atoms with Crippen LogP contribution in [0.4, 0.5) is 0 Å². The van der Waals surface area contributed by atoms with Gasteiger partial charge < -0.3 is 10.1 Å². The van der Waals surface area contributed by atoms with Crippen LogP contribution in [0.1, 0.15) is 24.9 Å².